The summed E-state index contributed by atoms with van der Waals surface area (Å²) in [6, 6.07) is 3.26. The number of nitrogens with one attached hydrogen (secondary N) is 1. The molecule has 1 N–H and O–H groups in total. The Morgan fingerprint density at radius 3 is 2.22 bits per heavy atom. The van der Waals surface area contributed by atoms with Gasteiger partial charge in [-0.2, -0.15) is 4.31 Å². The number of aryl methyl sites for hydroxylation is 2. The third kappa shape index (κ3) is 4.61. The van der Waals surface area contributed by atoms with Crippen LogP contribution in [0.1, 0.15) is 24.0 Å². The number of amides is 1. The number of piperidine rings is 1. The number of sulfone groups is 1. The first-order chi connectivity index (χ1) is 12.5. The SMILES string of the molecule is CNC(=O)CS(=O)(=O)C1CCN(S(=O)(=O)c2cc(C)c(C)cc2OC)CC1. The number of nitrogens with zero attached hydrogens (tertiary/aromatic N) is 1. The van der Waals surface area contributed by atoms with Gasteiger partial charge in [0.05, 0.1) is 12.4 Å². The summed E-state index contributed by atoms with van der Waals surface area (Å²) in [5.41, 5.74) is 1.75. The Morgan fingerprint density at radius 1 is 1.15 bits per heavy atom. The molecule has 1 saturated heterocycles. The molecule has 0 atom stereocenters. The fourth-order valence-electron chi connectivity index (χ4n) is 3.07. The van der Waals surface area contributed by atoms with Crippen molar-refractivity contribution in [1.82, 2.24) is 9.62 Å². The highest BCUT2D eigenvalue weighted by Gasteiger charge is 2.36. The summed E-state index contributed by atoms with van der Waals surface area (Å²) in [6.45, 7) is 3.86. The van der Waals surface area contributed by atoms with Gasteiger partial charge >= 0.3 is 0 Å². The van der Waals surface area contributed by atoms with Crippen LogP contribution in [0, 0.1) is 13.8 Å². The summed E-state index contributed by atoms with van der Waals surface area (Å²) < 4.78 is 57.2. The number of hydrogen-bond donors (Lipinski definition) is 1. The number of methoxy groups -OCH3 is 1. The standard InChI is InChI=1S/C17H26N2O6S2/c1-12-9-15(25-4)16(10-13(12)2)27(23,24)19-7-5-14(6-8-19)26(21,22)11-17(20)18-3/h9-10,14H,5-8,11H2,1-4H3,(H,18,20). The molecule has 0 unspecified atom stereocenters. The molecule has 1 aromatic rings. The molecule has 1 aliphatic heterocycles. The molecule has 1 heterocycles. The molecule has 27 heavy (non-hydrogen) atoms. The van der Waals surface area contributed by atoms with Gasteiger partial charge in [0, 0.05) is 20.1 Å². The summed E-state index contributed by atoms with van der Waals surface area (Å²) >= 11 is 0. The van der Waals surface area contributed by atoms with Crippen LogP contribution >= 0.6 is 0 Å². The monoisotopic (exact) mass is 418 g/mol. The van der Waals surface area contributed by atoms with Crippen LogP contribution in [0.4, 0.5) is 0 Å². The van der Waals surface area contributed by atoms with Gasteiger partial charge in [0.2, 0.25) is 15.9 Å². The Labute approximate surface area is 160 Å². The lowest BCUT2D eigenvalue weighted by Crippen LogP contribution is -2.44. The van der Waals surface area contributed by atoms with Gasteiger partial charge in [-0.05, 0) is 49.9 Å². The first kappa shape index (κ1) is 21.6. The maximum atomic E-state index is 13.0. The lowest BCUT2D eigenvalue weighted by molar-refractivity contribution is -0.118. The van der Waals surface area contributed by atoms with E-state index in [1.165, 1.54) is 18.5 Å². The van der Waals surface area contributed by atoms with Crippen molar-refractivity contribution in [3.8, 4) is 5.75 Å². The molecule has 152 valence electrons. The molecule has 1 aliphatic rings. The molecule has 0 radical (unpaired) electrons. The first-order valence-corrected chi connectivity index (χ1v) is 11.8. The Hall–Kier alpha value is -1.65. The maximum absolute atomic E-state index is 13.0. The minimum Gasteiger partial charge on any atom is -0.495 e. The van der Waals surface area contributed by atoms with Crippen LogP contribution in [0.25, 0.3) is 0 Å². The smallest absolute Gasteiger partial charge is 0.246 e. The highest BCUT2D eigenvalue weighted by molar-refractivity contribution is 7.92. The normalized spacial score (nSPS) is 16.9. The van der Waals surface area contributed by atoms with Crippen LogP contribution in [-0.4, -0.2) is 65.3 Å². The van der Waals surface area contributed by atoms with Crippen molar-refractivity contribution in [2.75, 3.05) is 33.0 Å². The summed E-state index contributed by atoms with van der Waals surface area (Å²) in [5.74, 6) is -0.872. The van der Waals surface area contributed by atoms with Gasteiger partial charge in [-0.25, -0.2) is 16.8 Å². The Bertz CT molecular complexity index is 917. The molecule has 1 amide bonds. The van der Waals surface area contributed by atoms with Crippen LogP contribution in [-0.2, 0) is 24.7 Å². The van der Waals surface area contributed by atoms with Gasteiger partial charge in [0.1, 0.15) is 16.4 Å². The maximum Gasteiger partial charge on any atom is 0.246 e. The lowest BCUT2D eigenvalue weighted by atomic mass is 10.1. The van der Waals surface area contributed by atoms with Gasteiger partial charge in [-0.3, -0.25) is 4.79 Å². The number of benzene rings is 1. The molecule has 10 heteroatoms. The molecule has 0 saturated carbocycles. The van der Waals surface area contributed by atoms with E-state index in [1.807, 2.05) is 13.8 Å². The van der Waals surface area contributed by atoms with Crippen molar-refractivity contribution in [3.63, 3.8) is 0 Å². The first-order valence-electron chi connectivity index (χ1n) is 8.60. The van der Waals surface area contributed by atoms with Crippen molar-refractivity contribution < 1.29 is 26.4 Å². The van der Waals surface area contributed by atoms with E-state index in [4.69, 9.17) is 4.74 Å². The van der Waals surface area contributed by atoms with Gasteiger partial charge in [-0.15, -0.1) is 0 Å². The molecule has 0 aromatic heterocycles. The van der Waals surface area contributed by atoms with Crippen LogP contribution in [0.15, 0.2) is 17.0 Å². The third-order valence-corrected chi connectivity index (χ3v) is 8.99. The van der Waals surface area contributed by atoms with Crippen molar-refractivity contribution in [2.45, 2.75) is 36.8 Å². The van der Waals surface area contributed by atoms with E-state index in [0.717, 1.165) is 11.1 Å². The molecule has 0 aliphatic carbocycles. The zero-order chi connectivity index (χ0) is 20.4. The van der Waals surface area contributed by atoms with E-state index in [-0.39, 0.29) is 36.6 Å². The van der Waals surface area contributed by atoms with Crippen molar-refractivity contribution in [1.29, 1.82) is 0 Å². The number of carbonyl (C=O) groups is 1. The summed E-state index contributed by atoms with van der Waals surface area (Å²) in [7, 11) is -4.62. The van der Waals surface area contributed by atoms with E-state index in [0.29, 0.717) is 0 Å². The van der Waals surface area contributed by atoms with Crippen LogP contribution in [0.2, 0.25) is 0 Å². The number of sulfonamides is 1. The molecule has 1 aromatic carbocycles. The second-order valence-electron chi connectivity index (χ2n) is 6.67. The Morgan fingerprint density at radius 2 is 1.70 bits per heavy atom. The van der Waals surface area contributed by atoms with Crippen LogP contribution in [0.5, 0.6) is 5.75 Å². The van der Waals surface area contributed by atoms with E-state index >= 15 is 0 Å². The number of hydrogen-bond acceptors (Lipinski definition) is 6. The van der Waals surface area contributed by atoms with Crippen molar-refractivity contribution in [2.24, 2.45) is 0 Å². The highest BCUT2D eigenvalue weighted by Crippen LogP contribution is 2.32. The Kier molecular flexibility index (Phi) is 6.54. The average Bonchev–Trinajstić information content (AvgIpc) is 2.63. The van der Waals surface area contributed by atoms with Crippen molar-refractivity contribution >= 4 is 25.8 Å². The molecule has 8 nitrogen and oxygen atoms in total. The van der Waals surface area contributed by atoms with Gasteiger partial charge in [0.15, 0.2) is 9.84 Å². The van der Waals surface area contributed by atoms with E-state index in [9.17, 15) is 21.6 Å². The molecular weight excluding hydrogens is 392 g/mol. The zero-order valence-corrected chi connectivity index (χ0v) is 17.6. The quantitative estimate of drug-likeness (QED) is 0.725. The second kappa shape index (κ2) is 8.15. The van der Waals surface area contributed by atoms with E-state index < -0.39 is 36.8 Å². The Balaban J connectivity index is 2.20. The predicted octanol–water partition coefficient (Wildman–Crippen LogP) is 0.626. The minimum atomic E-state index is -3.81. The molecule has 2 rings (SSSR count). The van der Waals surface area contributed by atoms with Gasteiger partial charge < -0.3 is 10.1 Å². The summed E-state index contributed by atoms with van der Waals surface area (Å²) in [6.07, 6.45) is 0.317. The number of rotatable bonds is 6. The van der Waals surface area contributed by atoms with E-state index in [1.54, 1.807) is 12.1 Å². The van der Waals surface area contributed by atoms with Crippen LogP contribution < -0.4 is 10.1 Å². The van der Waals surface area contributed by atoms with E-state index in [2.05, 4.69) is 5.32 Å². The lowest BCUT2D eigenvalue weighted by Gasteiger charge is -2.31. The summed E-state index contributed by atoms with van der Waals surface area (Å²) in [5, 5.41) is 1.58. The van der Waals surface area contributed by atoms with Crippen LogP contribution in [0.3, 0.4) is 0 Å². The highest BCUT2D eigenvalue weighted by atomic mass is 32.2. The topological polar surface area (TPSA) is 110 Å². The average molecular weight is 419 g/mol. The largest absolute Gasteiger partial charge is 0.495 e. The second-order valence-corrected chi connectivity index (χ2v) is 10.9. The fourth-order valence-corrected chi connectivity index (χ4v) is 6.43. The molecule has 0 spiro atoms. The fraction of sp³-hybridized carbons (Fsp3) is 0.588. The van der Waals surface area contributed by atoms with Crippen molar-refractivity contribution in [3.05, 3.63) is 23.3 Å². The predicted molar refractivity (Wildman–Crippen MR) is 102 cm³/mol. The van der Waals surface area contributed by atoms with Gasteiger partial charge in [-0.1, -0.05) is 0 Å². The number of carbonyl (C=O) groups excluding carboxylic acids is 1. The summed E-state index contributed by atoms with van der Waals surface area (Å²) in [4.78, 5) is 11.5. The molecule has 0 bridgehead atoms. The number of ether oxygens (including phenoxy) is 1. The molecule has 1 fully saturated rings. The van der Waals surface area contributed by atoms with Gasteiger partial charge in [0.25, 0.3) is 0 Å². The molecular formula is C17H26N2O6S2. The minimum absolute atomic E-state index is 0.0794. The third-order valence-electron chi connectivity index (χ3n) is 4.92. The zero-order valence-electron chi connectivity index (χ0n) is 16.0.